The maximum Gasteiger partial charge on any atom is 0.191 e. The molecule has 25 heavy (non-hydrogen) atoms. The van der Waals surface area contributed by atoms with Crippen LogP contribution in [0.4, 0.5) is 0 Å². The molecule has 1 aliphatic heterocycles. The van der Waals surface area contributed by atoms with Crippen molar-refractivity contribution in [2.75, 3.05) is 33.8 Å². The lowest BCUT2D eigenvalue weighted by Crippen LogP contribution is -2.45. The van der Waals surface area contributed by atoms with E-state index >= 15 is 0 Å². The standard InChI is InChI=1S/C20H34N4O/c1-5-16(2)23-20(21-3)22-14-17-10-12-24(13-11-17)15-18-6-8-19(25-4)9-7-18/h6-9,16-17H,5,10-15H2,1-4H3,(H2,21,22,23). The Morgan fingerprint density at radius 3 is 2.52 bits per heavy atom. The molecule has 0 radical (unpaired) electrons. The number of nitrogens with one attached hydrogen (secondary N) is 2. The normalized spacial score (nSPS) is 18.0. The van der Waals surface area contributed by atoms with E-state index in [1.807, 2.05) is 19.2 Å². The van der Waals surface area contributed by atoms with Crippen LogP contribution < -0.4 is 15.4 Å². The number of methoxy groups -OCH3 is 1. The van der Waals surface area contributed by atoms with E-state index in [1.165, 1.54) is 18.4 Å². The molecule has 0 spiro atoms. The van der Waals surface area contributed by atoms with Gasteiger partial charge in [-0.25, -0.2) is 0 Å². The van der Waals surface area contributed by atoms with Crippen LogP contribution in [0.3, 0.4) is 0 Å². The van der Waals surface area contributed by atoms with Crippen molar-refractivity contribution < 1.29 is 4.74 Å². The van der Waals surface area contributed by atoms with Gasteiger partial charge in [0, 0.05) is 26.2 Å². The summed E-state index contributed by atoms with van der Waals surface area (Å²) in [5.41, 5.74) is 1.36. The van der Waals surface area contributed by atoms with Crippen LogP contribution in [-0.2, 0) is 6.54 Å². The van der Waals surface area contributed by atoms with Crippen LogP contribution in [0.25, 0.3) is 0 Å². The zero-order valence-corrected chi connectivity index (χ0v) is 16.2. The fourth-order valence-electron chi connectivity index (χ4n) is 3.11. The maximum absolute atomic E-state index is 5.22. The van der Waals surface area contributed by atoms with Crippen LogP contribution in [0.5, 0.6) is 5.75 Å². The summed E-state index contributed by atoms with van der Waals surface area (Å²) in [6.45, 7) is 8.73. The quantitative estimate of drug-likeness (QED) is 0.589. The molecule has 1 saturated heterocycles. The number of hydrogen-bond donors (Lipinski definition) is 2. The molecule has 2 rings (SSSR count). The summed E-state index contributed by atoms with van der Waals surface area (Å²) in [7, 11) is 3.55. The van der Waals surface area contributed by atoms with Crippen LogP contribution in [0.15, 0.2) is 29.3 Å². The molecule has 1 aliphatic rings. The molecule has 5 heteroatoms. The number of likely N-dealkylation sites (tertiary alicyclic amines) is 1. The average molecular weight is 347 g/mol. The Labute approximate surface area is 152 Å². The molecule has 1 fully saturated rings. The summed E-state index contributed by atoms with van der Waals surface area (Å²) < 4.78 is 5.22. The number of nitrogens with zero attached hydrogens (tertiary/aromatic N) is 2. The summed E-state index contributed by atoms with van der Waals surface area (Å²) in [6, 6.07) is 8.87. The van der Waals surface area contributed by atoms with Gasteiger partial charge in [-0.3, -0.25) is 9.89 Å². The smallest absolute Gasteiger partial charge is 0.191 e. The zero-order valence-electron chi connectivity index (χ0n) is 16.2. The van der Waals surface area contributed by atoms with E-state index in [1.54, 1.807) is 7.11 Å². The number of piperidine rings is 1. The largest absolute Gasteiger partial charge is 0.497 e. The number of ether oxygens (including phenoxy) is 1. The lowest BCUT2D eigenvalue weighted by atomic mass is 9.96. The molecule has 0 amide bonds. The minimum Gasteiger partial charge on any atom is -0.497 e. The molecule has 0 aromatic heterocycles. The van der Waals surface area contributed by atoms with E-state index in [2.05, 4.69) is 46.5 Å². The van der Waals surface area contributed by atoms with Crippen molar-refractivity contribution in [2.24, 2.45) is 10.9 Å². The van der Waals surface area contributed by atoms with Crippen LogP contribution in [-0.4, -0.2) is 50.7 Å². The monoisotopic (exact) mass is 346 g/mol. The summed E-state index contributed by atoms with van der Waals surface area (Å²) in [6.07, 6.45) is 3.58. The molecule has 0 aliphatic carbocycles. The topological polar surface area (TPSA) is 48.9 Å². The number of aliphatic imine (C=N–C) groups is 1. The highest BCUT2D eigenvalue weighted by Crippen LogP contribution is 2.19. The molecule has 1 aromatic rings. The number of benzene rings is 1. The highest BCUT2D eigenvalue weighted by molar-refractivity contribution is 5.79. The third-order valence-corrected chi connectivity index (χ3v) is 5.05. The molecule has 0 saturated carbocycles. The second-order valence-electron chi connectivity index (χ2n) is 6.97. The van der Waals surface area contributed by atoms with Gasteiger partial charge in [-0.2, -0.15) is 0 Å². The molecular weight excluding hydrogens is 312 g/mol. The lowest BCUT2D eigenvalue weighted by molar-refractivity contribution is 0.178. The number of rotatable bonds is 7. The van der Waals surface area contributed by atoms with Gasteiger partial charge in [0.2, 0.25) is 0 Å². The van der Waals surface area contributed by atoms with Crippen molar-refractivity contribution in [2.45, 2.75) is 45.7 Å². The first-order valence-electron chi connectivity index (χ1n) is 9.47. The molecule has 1 aromatic carbocycles. The number of hydrogen-bond acceptors (Lipinski definition) is 3. The summed E-state index contributed by atoms with van der Waals surface area (Å²) in [5, 5.41) is 6.91. The van der Waals surface area contributed by atoms with Crippen molar-refractivity contribution in [1.82, 2.24) is 15.5 Å². The Morgan fingerprint density at radius 2 is 1.96 bits per heavy atom. The molecule has 0 bridgehead atoms. The summed E-state index contributed by atoms with van der Waals surface area (Å²) in [5.74, 6) is 2.57. The lowest BCUT2D eigenvalue weighted by Gasteiger charge is -2.32. The van der Waals surface area contributed by atoms with Crippen LogP contribution in [0, 0.1) is 5.92 Å². The molecule has 1 atom stereocenters. The Bertz CT molecular complexity index is 521. The fraction of sp³-hybridized carbons (Fsp3) is 0.650. The third kappa shape index (κ3) is 6.58. The van der Waals surface area contributed by atoms with E-state index in [-0.39, 0.29) is 0 Å². The van der Waals surface area contributed by atoms with Crippen LogP contribution >= 0.6 is 0 Å². The van der Waals surface area contributed by atoms with Gasteiger partial charge >= 0.3 is 0 Å². The Balaban J connectivity index is 1.70. The van der Waals surface area contributed by atoms with Crippen molar-refractivity contribution in [3.8, 4) is 5.75 Å². The molecule has 1 unspecified atom stereocenters. The maximum atomic E-state index is 5.22. The van der Waals surface area contributed by atoms with Crippen molar-refractivity contribution >= 4 is 5.96 Å². The van der Waals surface area contributed by atoms with E-state index in [0.29, 0.717) is 6.04 Å². The average Bonchev–Trinajstić information content (AvgIpc) is 2.66. The summed E-state index contributed by atoms with van der Waals surface area (Å²) >= 11 is 0. The zero-order chi connectivity index (χ0) is 18.1. The molecule has 1 heterocycles. The second kappa shape index (κ2) is 10.3. The van der Waals surface area contributed by atoms with Gasteiger partial charge in [0.05, 0.1) is 7.11 Å². The molecular formula is C20H34N4O. The van der Waals surface area contributed by atoms with E-state index in [9.17, 15) is 0 Å². The Hall–Kier alpha value is -1.75. The van der Waals surface area contributed by atoms with Gasteiger partial charge in [-0.1, -0.05) is 19.1 Å². The van der Waals surface area contributed by atoms with Gasteiger partial charge in [-0.15, -0.1) is 0 Å². The third-order valence-electron chi connectivity index (χ3n) is 5.05. The Kier molecular flexibility index (Phi) is 8.06. The summed E-state index contributed by atoms with van der Waals surface area (Å²) in [4.78, 5) is 6.87. The van der Waals surface area contributed by atoms with Gasteiger partial charge in [0.1, 0.15) is 5.75 Å². The van der Waals surface area contributed by atoms with Gasteiger partial charge in [0.15, 0.2) is 5.96 Å². The highest BCUT2D eigenvalue weighted by atomic mass is 16.5. The minimum absolute atomic E-state index is 0.456. The molecule has 2 N–H and O–H groups in total. The fourth-order valence-corrected chi connectivity index (χ4v) is 3.11. The minimum atomic E-state index is 0.456. The predicted molar refractivity (Wildman–Crippen MR) is 105 cm³/mol. The second-order valence-corrected chi connectivity index (χ2v) is 6.97. The predicted octanol–water partition coefficient (Wildman–Crippen LogP) is 2.87. The molecule has 5 nitrogen and oxygen atoms in total. The van der Waals surface area contributed by atoms with E-state index in [0.717, 1.165) is 50.2 Å². The van der Waals surface area contributed by atoms with E-state index < -0.39 is 0 Å². The SMILES string of the molecule is CCC(C)NC(=NC)NCC1CCN(Cc2ccc(OC)cc2)CC1. The van der Waals surface area contributed by atoms with Gasteiger partial charge in [0.25, 0.3) is 0 Å². The van der Waals surface area contributed by atoms with E-state index in [4.69, 9.17) is 4.74 Å². The molecule has 140 valence electrons. The Morgan fingerprint density at radius 1 is 1.28 bits per heavy atom. The van der Waals surface area contributed by atoms with Crippen molar-refractivity contribution in [3.63, 3.8) is 0 Å². The van der Waals surface area contributed by atoms with Gasteiger partial charge < -0.3 is 15.4 Å². The first kappa shape index (κ1) is 19.6. The van der Waals surface area contributed by atoms with Crippen molar-refractivity contribution in [3.05, 3.63) is 29.8 Å². The first-order chi connectivity index (χ1) is 12.1. The first-order valence-corrected chi connectivity index (χ1v) is 9.47. The van der Waals surface area contributed by atoms with Gasteiger partial charge in [-0.05, 0) is 62.9 Å². The van der Waals surface area contributed by atoms with Crippen LogP contribution in [0.1, 0.15) is 38.7 Å². The number of guanidine groups is 1. The van der Waals surface area contributed by atoms with Crippen molar-refractivity contribution in [1.29, 1.82) is 0 Å². The highest BCUT2D eigenvalue weighted by Gasteiger charge is 2.19. The van der Waals surface area contributed by atoms with Crippen LogP contribution in [0.2, 0.25) is 0 Å².